The van der Waals surface area contributed by atoms with Crippen LogP contribution in [0.25, 0.3) is 0 Å². The summed E-state index contributed by atoms with van der Waals surface area (Å²) >= 11 is 0. The monoisotopic (exact) mass is 1620 g/mol. The summed E-state index contributed by atoms with van der Waals surface area (Å²) in [6, 6.07) is 5.53. The lowest BCUT2D eigenvalue weighted by molar-refractivity contribution is -0.152. The number of benzene rings is 2. The molecule has 0 radical (unpaired) electrons. The van der Waals surface area contributed by atoms with E-state index in [1.165, 1.54) is 70.5 Å². The minimum Gasteiger partial charge on any atom is -0.481 e. The van der Waals surface area contributed by atoms with Gasteiger partial charge in [-0.3, -0.25) is 72.2 Å². The quantitative estimate of drug-likeness (QED) is 0.0283. The molecule has 0 aliphatic carbocycles. The number of ether oxygens (including phenoxy) is 4. The van der Waals surface area contributed by atoms with Crippen molar-refractivity contribution in [3.63, 3.8) is 0 Å². The standard InChI is InChI=1S/C79H124N8O25S/c1-5-7-31-62(68(90)52-82-63(32-8-6-2)76(100)87(4)67(51-73(96)97)77(101)86(3)66(74(80)98)48-56-27-22-21-23-28-56)85-75(99)64(47-57-34-36-58(37-35-57)55-113(106,107)108)83-70(92)50-65(79(104)105)84-71(93)54-112-46-43-109-41-26-30-61(89)53-111-45-44-110-42-40-81-69(91)39-38-59(78(102)103)49-60(88)29-24-19-17-15-13-11-9-10-12-14-16-18-20-25-33-72(94)95/h21-23,27-28,34-37,59,62-67,82H,5-20,24-26,29-33,38-55H2,1-4H3,(H2,80,98)(H,81,91)(H,83,92)(H,84,93)(H,85,99)(H,94,95)(H,96,97)(H,102,103)(H,104,105)(H,106,107,108)/t59-,62+,63+,64+,65+,66+,67-/m1/s1. The van der Waals surface area contributed by atoms with Gasteiger partial charge in [-0.2, -0.15) is 8.42 Å². The Morgan fingerprint density at radius 1 is 0.451 bits per heavy atom. The number of ketones is 3. The number of Topliss-reactive ketones (excluding diaryl/α,β-unsaturated/α-hetero) is 3. The van der Waals surface area contributed by atoms with E-state index in [1.54, 1.807) is 30.3 Å². The first kappa shape index (κ1) is 100. The molecule has 7 atom stereocenters. The Morgan fingerprint density at radius 3 is 1.51 bits per heavy atom. The number of rotatable bonds is 70. The van der Waals surface area contributed by atoms with E-state index >= 15 is 0 Å². The van der Waals surface area contributed by atoms with Crippen LogP contribution >= 0.6 is 0 Å². The summed E-state index contributed by atoms with van der Waals surface area (Å²) in [4.78, 5) is 183. The fourth-order valence-corrected chi connectivity index (χ4v) is 12.9. The molecule has 0 fully saturated rings. The number of nitrogens with two attached hydrogens (primary N) is 1. The van der Waals surface area contributed by atoms with Crippen molar-refractivity contribution < 1.29 is 119 Å². The fraction of sp³-hybridized carbons (Fsp3) is 0.671. The largest absolute Gasteiger partial charge is 0.481 e. The van der Waals surface area contributed by atoms with E-state index < -0.39 is 149 Å². The zero-order valence-electron chi connectivity index (χ0n) is 66.2. The van der Waals surface area contributed by atoms with Gasteiger partial charge in [0.2, 0.25) is 41.4 Å². The zero-order chi connectivity index (χ0) is 83.9. The summed E-state index contributed by atoms with van der Waals surface area (Å²) in [5, 5.41) is 51.4. The number of aliphatic carboxylic acids is 4. The van der Waals surface area contributed by atoms with Gasteiger partial charge in [-0.05, 0) is 55.2 Å². The minimum absolute atomic E-state index is 0.00418. The summed E-state index contributed by atoms with van der Waals surface area (Å²) in [5.74, 6) is -13.3. The highest BCUT2D eigenvalue weighted by atomic mass is 32.2. The van der Waals surface area contributed by atoms with Crippen LogP contribution in [0.4, 0.5) is 0 Å². The summed E-state index contributed by atoms with van der Waals surface area (Å²) < 4.78 is 54.3. The highest BCUT2D eigenvalue weighted by Gasteiger charge is 2.38. The maximum atomic E-state index is 14.4. The summed E-state index contributed by atoms with van der Waals surface area (Å²) in [6.07, 6.45) is 15.7. The van der Waals surface area contributed by atoms with Gasteiger partial charge in [-0.25, -0.2) is 4.79 Å². The van der Waals surface area contributed by atoms with E-state index in [2.05, 4.69) is 26.6 Å². The molecule has 636 valence electrons. The van der Waals surface area contributed by atoms with Gasteiger partial charge in [0, 0.05) is 72.2 Å². The Morgan fingerprint density at radius 2 is 0.965 bits per heavy atom. The highest BCUT2D eigenvalue weighted by molar-refractivity contribution is 7.85. The number of nitrogens with one attached hydrogen (secondary N) is 5. The maximum absolute atomic E-state index is 14.4. The molecule has 113 heavy (non-hydrogen) atoms. The van der Waals surface area contributed by atoms with Crippen molar-refractivity contribution >= 4 is 92.7 Å². The molecule has 0 heterocycles. The van der Waals surface area contributed by atoms with Gasteiger partial charge in [0.25, 0.3) is 10.1 Å². The number of hydrogen-bond donors (Lipinski definition) is 11. The van der Waals surface area contributed by atoms with Crippen LogP contribution in [0.1, 0.15) is 217 Å². The van der Waals surface area contributed by atoms with E-state index in [0.717, 1.165) is 61.2 Å². The Labute approximate surface area is 663 Å². The van der Waals surface area contributed by atoms with Crippen molar-refractivity contribution in [3.8, 4) is 0 Å². The molecular formula is C79H124N8O25S. The molecule has 7 amide bonds. The molecule has 0 saturated heterocycles. The van der Waals surface area contributed by atoms with E-state index in [4.69, 9.17) is 29.8 Å². The molecule has 0 aliphatic rings. The van der Waals surface area contributed by atoms with E-state index in [1.807, 2.05) is 13.8 Å². The molecular weight excluding hydrogens is 1490 g/mol. The fourth-order valence-electron chi connectivity index (χ4n) is 12.3. The molecule has 12 N–H and O–H groups in total. The smallest absolute Gasteiger partial charge is 0.326 e. The van der Waals surface area contributed by atoms with E-state index in [-0.39, 0.29) is 134 Å². The molecule has 0 aliphatic heterocycles. The van der Waals surface area contributed by atoms with Gasteiger partial charge in [0.05, 0.1) is 70.4 Å². The first-order chi connectivity index (χ1) is 53.8. The molecule has 2 rings (SSSR count). The van der Waals surface area contributed by atoms with Crippen LogP contribution < -0.4 is 32.3 Å². The van der Waals surface area contributed by atoms with Gasteiger partial charge in [0.1, 0.15) is 48.9 Å². The second kappa shape index (κ2) is 59.1. The Kier molecular flexibility index (Phi) is 52.5. The number of primary amides is 1. The number of amides is 7. The van der Waals surface area contributed by atoms with Crippen LogP contribution in [-0.2, 0) is 115 Å². The molecule has 34 heteroatoms. The number of carboxylic acid groups (broad SMARTS) is 4. The molecule has 0 saturated carbocycles. The van der Waals surface area contributed by atoms with Crippen molar-refractivity contribution in [1.82, 2.24) is 36.4 Å². The third-order valence-corrected chi connectivity index (χ3v) is 19.5. The van der Waals surface area contributed by atoms with Gasteiger partial charge in [0.15, 0.2) is 11.6 Å². The zero-order valence-corrected chi connectivity index (χ0v) is 67.0. The summed E-state index contributed by atoms with van der Waals surface area (Å²) in [5.41, 5.74) is 6.90. The topological polar surface area (TPSA) is 504 Å². The first-order valence-electron chi connectivity index (χ1n) is 39.4. The second-order valence-electron chi connectivity index (χ2n) is 28.4. The van der Waals surface area contributed by atoms with Gasteiger partial charge in [-0.1, -0.05) is 171 Å². The average molecular weight is 1620 g/mol. The van der Waals surface area contributed by atoms with Crippen LogP contribution in [0.15, 0.2) is 54.6 Å². The number of hydrogen-bond acceptors (Lipinski definition) is 21. The summed E-state index contributed by atoms with van der Waals surface area (Å²) in [6.45, 7) is 2.80. The van der Waals surface area contributed by atoms with Crippen molar-refractivity contribution in [1.29, 1.82) is 0 Å². The Hall–Kier alpha value is -8.67. The van der Waals surface area contributed by atoms with Gasteiger partial charge in [-0.15, -0.1) is 0 Å². The summed E-state index contributed by atoms with van der Waals surface area (Å²) in [7, 11) is -1.93. The van der Waals surface area contributed by atoms with Gasteiger partial charge < -0.3 is 76.2 Å². The van der Waals surface area contributed by atoms with Crippen LogP contribution in [-0.4, -0.2) is 242 Å². The Balaban J connectivity index is 1.84. The predicted octanol–water partition coefficient (Wildman–Crippen LogP) is 5.61. The van der Waals surface area contributed by atoms with Crippen molar-refractivity contribution in [2.45, 2.75) is 255 Å². The lowest BCUT2D eigenvalue weighted by atomic mass is 9.94. The normalized spacial score (nSPS) is 13.2. The predicted molar refractivity (Wildman–Crippen MR) is 416 cm³/mol. The number of carboxylic acids is 4. The molecule has 33 nitrogen and oxygen atoms in total. The number of unbranched alkanes of at least 4 members (excludes halogenated alkanes) is 15. The number of likely N-dealkylation sites (N-methyl/N-ethyl adjacent to an activating group) is 2. The molecule has 0 spiro atoms. The maximum Gasteiger partial charge on any atom is 0.326 e. The van der Waals surface area contributed by atoms with Crippen molar-refractivity contribution in [2.24, 2.45) is 11.7 Å². The second-order valence-corrected chi connectivity index (χ2v) is 29.8. The minimum atomic E-state index is -4.44. The lowest BCUT2D eigenvalue weighted by Crippen LogP contribution is -2.58. The molecule has 0 bridgehead atoms. The average Bonchev–Trinajstić information content (AvgIpc) is 0.821. The molecule has 2 aromatic rings. The molecule has 2 aromatic carbocycles. The number of nitrogens with zero attached hydrogens (tertiary/aromatic N) is 2. The first-order valence-corrected chi connectivity index (χ1v) is 41.0. The molecule has 0 aromatic heterocycles. The SMILES string of the molecule is CCCC[C@H](NC(=O)[C@H](Cc1ccc(CS(=O)(=O)O)cc1)NC(=O)C[C@H](NC(=O)COCCOCCCC(=O)COCCOCCNC(=O)CC[C@H](CC(=O)CCCCCCCCCCCCCCCCC(=O)O)C(=O)O)C(=O)O)C(=O)CN[C@@H](CCCC)C(=O)N(C)[C@H](CC(=O)O)C(=O)N(C)[C@@H](Cc1ccccc1)C(N)=O. The highest BCUT2D eigenvalue weighted by Crippen LogP contribution is 2.20. The van der Waals surface area contributed by atoms with E-state index in [0.29, 0.717) is 56.1 Å². The van der Waals surface area contributed by atoms with E-state index in [9.17, 15) is 95.4 Å². The Bertz CT molecular complexity index is 3370. The van der Waals surface area contributed by atoms with Crippen LogP contribution in [0.2, 0.25) is 0 Å². The third kappa shape index (κ3) is 47.6. The van der Waals surface area contributed by atoms with Crippen LogP contribution in [0, 0.1) is 5.92 Å². The van der Waals surface area contributed by atoms with Crippen LogP contribution in [0.5, 0.6) is 0 Å². The third-order valence-electron chi connectivity index (χ3n) is 18.8. The number of carbonyl (C=O) groups excluding carboxylic acids is 10. The lowest BCUT2D eigenvalue weighted by Gasteiger charge is -2.35. The van der Waals surface area contributed by atoms with Crippen LogP contribution in [0.3, 0.4) is 0 Å². The van der Waals surface area contributed by atoms with Crippen molar-refractivity contribution in [3.05, 3.63) is 71.3 Å². The number of carbonyl (C=O) groups is 14. The van der Waals surface area contributed by atoms with Crippen molar-refractivity contribution in [2.75, 3.05) is 80.0 Å². The molecule has 0 unspecified atom stereocenters. The van der Waals surface area contributed by atoms with Gasteiger partial charge >= 0.3 is 23.9 Å².